The maximum Gasteiger partial charge on any atom is 0.150 e. The molecule has 0 saturated carbocycles. The summed E-state index contributed by atoms with van der Waals surface area (Å²) in [4.78, 5) is 13.8. The van der Waals surface area contributed by atoms with E-state index in [0.29, 0.717) is 0 Å². The highest BCUT2D eigenvalue weighted by molar-refractivity contribution is 6.22. The molecule has 0 radical (unpaired) electrons. The molecule has 1 unspecified atom stereocenters. The van der Waals surface area contributed by atoms with Crippen molar-refractivity contribution in [2.45, 2.75) is 12.3 Å². The van der Waals surface area contributed by atoms with Crippen LogP contribution in [0.5, 0.6) is 0 Å². The molecule has 0 spiro atoms. The van der Waals surface area contributed by atoms with Gasteiger partial charge in [-0.1, -0.05) is 103 Å². The van der Waals surface area contributed by atoms with Crippen LogP contribution >= 0.6 is 0 Å². The molecule has 12 rings (SSSR count). The molecule has 4 aromatic heterocycles. The van der Waals surface area contributed by atoms with Gasteiger partial charge >= 0.3 is 0 Å². The summed E-state index contributed by atoms with van der Waals surface area (Å²) in [5, 5.41) is 8.04. The van der Waals surface area contributed by atoms with Crippen LogP contribution in [-0.4, -0.2) is 30.4 Å². The van der Waals surface area contributed by atoms with Gasteiger partial charge < -0.3 is 8.98 Å². The van der Waals surface area contributed by atoms with Gasteiger partial charge in [-0.05, 0) is 94.5 Å². The number of hydrazine groups is 1. The number of furan rings is 1. The summed E-state index contributed by atoms with van der Waals surface area (Å²) in [6.45, 7) is 0. The summed E-state index contributed by atoms with van der Waals surface area (Å²) in [7, 11) is 0. The number of hydrogen-bond donors (Lipinski definition) is 0. The topological polar surface area (TPSA) is 62.2 Å². The van der Waals surface area contributed by atoms with Crippen LogP contribution < -0.4 is 0 Å². The predicted molar refractivity (Wildman–Crippen MR) is 231 cm³/mol. The SMILES string of the molecule is c1ccc(-c2oc3c(ccc4c3c3ccccc3n4-c3ccc(C4=N[C@H](c5ccncc5)N5[C@H](c6ccc(-c7ccncc7)cc6)N45)cc3)c2-c2ccccc2)cc1. The Balaban J connectivity index is 0.955. The molecule has 1 saturated heterocycles. The third-order valence-corrected chi connectivity index (χ3v) is 11.6. The van der Waals surface area contributed by atoms with E-state index in [9.17, 15) is 0 Å². The molecule has 10 aromatic rings. The lowest BCUT2D eigenvalue weighted by molar-refractivity contribution is 0.341. The van der Waals surface area contributed by atoms with Crippen molar-refractivity contribution < 1.29 is 4.42 Å². The molecule has 6 heterocycles. The number of fused-ring (bicyclic) bond motifs is 6. The van der Waals surface area contributed by atoms with Crippen molar-refractivity contribution in [3.63, 3.8) is 0 Å². The number of aromatic nitrogens is 3. The van der Waals surface area contributed by atoms with Crippen LogP contribution in [0.25, 0.3) is 72.0 Å². The molecule has 0 N–H and O–H groups in total. The average molecular weight is 747 g/mol. The zero-order chi connectivity index (χ0) is 38.2. The van der Waals surface area contributed by atoms with Crippen LogP contribution in [0.1, 0.15) is 29.0 Å². The molecule has 1 fully saturated rings. The van der Waals surface area contributed by atoms with E-state index in [1.165, 1.54) is 11.1 Å². The normalized spacial score (nSPS) is 17.2. The minimum absolute atomic E-state index is 0.0754. The van der Waals surface area contributed by atoms with E-state index in [1.54, 1.807) is 0 Å². The van der Waals surface area contributed by atoms with Gasteiger partial charge in [0.05, 0.1) is 16.4 Å². The fourth-order valence-electron chi connectivity index (χ4n) is 8.88. The Morgan fingerprint density at radius 1 is 0.466 bits per heavy atom. The number of aliphatic imine (C=N–C) groups is 1. The average Bonchev–Trinajstić information content (AvgIpc) is 3.54. The van der Waals surface area contributed by atoms with Gasteiger partial charge in [-0.2, -0.15) is 5.01 Å². The van der Waals surface area contributed by atoms with Crippen molar-refractivity contribution >= 4 is 38.6 Å². The van der Waals surface area contributed by atoms with Crippen molar-refractivity contribution in [1.29, 1.82) is 0 Å². The summed E-state index contributed by atoms with van der Waals surface area (Å²) in [6.07, 6.45) is 7.29. The number of para-hydroxylation sites is 1. The first-order chi connectivity index (χ1) is 28.8. The Bertz CT molecular complexity index is 3160. The Hall–Kier alpha value is -7.61. The molecule has 0 amide bonds. The fourth-order valence-corrected chi connectivity index (χ4v) is 8.88. The molecule has 274 valence electrons. The minimum atomic E-state index is -0.142. The molecule has 2 aliphatic rings. The molecule has 7 nitrogen and oxygen atoms in total. The smallest absolute Gasteiger partial charge is 0.150 e. The number of pyridine rings is 2. The van der Waals surface area contributed by atoms with Crippen molar-refractivity contribution in [2.75, 3.05) is 0 Å². The highest BCUT2D eigenvalue weighted by Crippen LogP contribution is 2.54. The first kappa shape index (κ1) is 32.6. The maximum absolute atomic E-state index is 6.99. The van der Waals surface area contributed by atoms with Gasteiger partial charge in [-0.25, -0.2) is 4.99 Å². The molecule has 3 atom stereocenters. The Labute approximate surface area is 334 Å². The minimum Gasteiger partial charge on any atom is -0.455 e. The van der Waals surface area contributed by atoms with Gasteiger partial charge in [0.1, 0.15) is 29.5 Å². The lowest BCUT2D eigenvalue weighted by Gasteiger charge is -2.12. The highest BCUT2D eigenvalue weighted by Gasteiger charge is 2.57. The van der Waals surface area contributed by atoms with Crippen LogP contribution in [0, 0.1) is 0 Å². The largest absolute Gasteiger partial charge is 0.455 e. The number of benzene rings is 6. The van der Waals surface area contributed by atoms with E-state index in [-0.39, 0.29) is 12.3 Å². The second-order valence-corrected chi connectivity index (χ2v) is 14.8. The van der Waals surface area contributed by atoms with Gasteiger partial charge in [-0.3, -0.25) is 15.0 Å². The summed E-state index contributed by atoms with van der Waals surface area (Å²) < 4.78 is 9.34. The standard InChI is InChI=1S/C51H34N6O/c1-3-9-35(10-4-1)45-42-23-24-44-46(48(42)58-47(45)36-11-5-2-6-12-36)41-13-7-8-14-43(41)55(44)40-21-19-37(20-22-40)49-54-50(38-27-31-53-32-28-38)57-51(56(49)57)39-17-15-33(16-18-39)34-25-29-52-30-26-34/h1-32,50-51H/t50-,51+,56?,57?/m0/s1. The zero-order valence-electron chi connectivity index (χ0n) is 31.2. The van der Waals surface area contributed by atoms with Crippen LogP contribution in [0.15, 0.2) is 204 Å². The van der Waals surface area contributed by atoms with Crippen LogP contribution in [0.3, 0.4) is 0 Å². The van der Waals surface area contributed by atoms with E-state index >= 15 is 0 Å². The molecule has 7 heteroatoms. The molecule has 0 bridgehead atoms. The summed E-state index contributed by atoms with van der Waals surface area (Å²) in [5.41, 5.74) is 13.2. The van der Waals surface area contributed by atoms with Crippen LogP contribution in [-0.2, 0) is 0 Å². The van der Waals surface area contributed by atoms with Crippen molar-refractivity contribution in [1.82, 2.24) is 24.6 Å². The number of hydrogen-bond acceptors (Lipinski definition) is 6. The van der Waals surface area contributed by atoms with Gasteiger partial charge in [-0.15, -0.1) is 0 Å². The molecular weight excluding hydrogens is 713 g/mol. The molecule has 0 aliphatic carbocycles. The van der Waals surface area contributed by atoms with Crippen molar-refractivity contribution in [3.8, 4) is 39.3 Å². The molecule has 58 heavy (non-hydrogen) atoms. The van der Waals surface area contributed by atoms with E-state index in [1.807, 2.05) is 43.0 Å². The molecular formula is C51H34N6O. The van der Waals surface area contributed by atoms with Crippen molar-refractivity contribution in [2.24, 2.45) is 4.99 Å². The van der Waals surface area contributed by atoms with E-state index < -0.39 is 0 Å². The quantitative estimate of drug-likeness (QED) is 0.152. The third-order valence-electron chi connectivity index (χ3n) is 11.6. The number of amidine groups is 1. The molecule has 6 aromatic carbocycles. The summed E-state index contributed by atoms with van der Waals surface area (Å²) in [6, 6.07) is 60.0. The van der Waals surface area contributed by atoms with Gasteiger partial charge in [0.2, 0.25) is 0 Å². The maximum atomic E-state index is 6.99. The van der Waals surface area contributed by atoms with E-state index in [0.717, 1.165) is 83.4 Å². The number of nitrogens with zero attached hydrogens (tertiary/aromatic N) is 6. The number of rotatable bonds is 7. The predicted octanol–water partition coefficient (Wildman–Crippen LogP) is 12.0. The second-order valence-electron chi connectivity index (χ2n) is 14.8. The monoisotopic (exact) mass is 746 g/mol. The first-order valence-electron chi connectivity index (χ1n) is 19.6. The van der Waals surface area contributed by atoms with Gasteiger partial charge in [0, 0.05) is 57.9 Å². The van der Waals surface area contributed by atoms with Gasteiger partial charge in [0.15, 0.2) is 0 Å². The first-order valence-corrected chi connectivity index (χ1v) is 19.6. The van der Waals surface area contributed by atoms with E-state index in [2.05, 4.69) is 176 Å². The van der Waals surface area contributed by atoms with Crippen LogP contribution in [0.4, 0.5) is 0 Å². The lowest BCUT2D eigenvalue weighted by atomic mass is 9.98. The van der Waals surface area contributed by atoms with Crippen molar-refractivity contribution in [3.05, 3.63) is 211 Å². The Morgan fingerprint density at radius 3 is 1.84 bits per heavy atom. The highest BCUT2D eigenvalue weighted by atomic mass is 16.3. The Kier molecular flexibility index (Phi) is 7.30. The third kappa shape index (κ3) is 5.07. The lowest BCUT2D eigenvalue weighted by Crippen LogP contribution is -2.11. The zero-order valence-corrected chi connectivity index (χ0v) is 31.2. The second kappa shape index (κ2) is 13.0. The van der Waals surface area contributed by atoms with E-state index in [4.69, 9.17) is 9.41 Å². The van der Waals surface area contributed by atoms with Crippen LogP contribution in [0.2, 0.25) is 0 Å². The fraction of sp³-hybridized carbons (Fsp3) is 0.0392. The molecule has 2 aliphatic heterocycles. The summed E-state index contributed by atoms with van der Waals surface area (Å²) >= 11 is 0. The Morgan fingerprint density at radius 2 is 1.10 bits per heavy atom. The summed E-state index contributed by atoms with van der Waals surface area (Å²) in [5.74, 6) is 1.84. The van der Waals surface area contributed by atoms with Gasteiger partial charge in [0.25, 0.3) is 0 Å².